The Kier molecular flexibility index (Phi) is 2.09. The number of H-pyrrole nitrogens is 1. The van der Waals surface area contributed by atoms with Crippen molar-refractivity contribution in [2.75, 3.05) is 0 Å². The largest absolute Gasteiger partial charge is 0.469 e. The van der Waals surface area contributed by atoms with E-state index in [1.54, 1.807) is 6.26 Å². The van der Waals surface area contributed by atoms with E-state index in [4.69, 9.17) is 10.2 Å². The van der Waals surface area contributed by atoms with Gasteiger partial charge < -0.3 is 10.2 Å². The van der Waals surface area contributed by atoms with E-state index in [2.05, 4.69) is 15.2 Å². The van der Waals surface area contributed by atoms with Gasteiger partial charge in [0.2, 0.25) is 0 Å². The summed E-state index contributed by atoms with van der Waals surface area (Å²) in [6.07, 6.45) is 1.62. The minimum Gasteiger partial charge on any atom is -0.469 e. The molecule has 0 saturated carbocycles. The van der Waals surface area contributed by atoms with Crippen LogP contribution in [0, 0.1) is 6.92 Å². The van der Waals surface area contributed by atoms with Gasteiger partial charge in [0.1, 0.15) is 11.6 Å². The molecule has 3 N–H and O–H groups in total. The molecule has 0 aliphatic carbocycles. The molecule has 2 aromatic heterocycles. The van der Waals surface area contributed by atoms with Gasteiger partial charge in [-0.05, 0) is 19.9 Å². The van der Waals surface area contributed by atoms with Crippen molar-refractivity contribution in [3.63, 3.8) is 0 Å². The highest BCUT2D eigenvalue weighted by atomic mass is 16.3. The number of hydrogen-bond donors (Lipinski definition) is 2. The molecule has 74 valence electrons. The third-order valence-corrected chi connectivity index (χ3v) is 2.03. The third kappa shape index (κ3) is 1.42. The maximum absolute atomic E-state index is 5.66. The van der Waals surface area contributed by atoms with Crippen molar-refractivity contribution in [2.24, 2.45) is 5.73 Å². The number of nitrogens with one attached hydrogen (secondary N) is 1. The van der Waals surface area contributed by atoms with Crippen LogP contribution in [-0.2, 0) is 0 Å². The number of nitrogens with zero attached hydrogens (tertiary/aromatic N) is 2. The summed E-state index contributed by atoms with van der Waals surface area (Å²) in [6, 6.07) is 1.70. The fourth-order valence-corrected chi connectivity index (χ4v) is 1.22. The Balaban J connectivity index is 2.39. The maximum atomic E-state index is 5.66. The van der Waals surface area contributed by atoms with Crippen molar-refractivity contribution in [1.82, 2.24) is 15.2 Å². The average molecular weight is 192 g/mol. The maximum Gasteiger partial charge on any atom is 0.184 e. The first kappa shape index (κ1) is 8.96. The molecule has 0 saturated heterocycles. The minimum absolute atomic E-state index is 0.136. The third-order valence-electron chi connectivity index (χ3n) is 2.03. The zero-order chi connectivity index (χ0) is 10.1. The van der Waals surface area contributed by atoms with Crippen LogP contribution in [0.4, 0.5) is 0 Å². The zero-order valence-electron chi connectivity index (χ0n) is 8.11. The first-order chi connectivity index (χ1) is 6.68. The molecular weight excluding hydrogens is 180 g/mol. The van der Waals surface area contributed by atoms with Gasteiger partial charge in [0.15, 0.2) is 5.82 Å². The standard InChI is InChI=1S/C9H12N4O/c1-5(10)8-11-9(13-12-8)7-3-4-14-6(7)2/h3-5H,10H2,1-2H3,(H,11,12,13)/t5-/m1/s1. The second-order valence-corrected chi connectivity index (χ2v) is 3.22. The molecule has 0 aliphatic rings. The zero-order valence-corrected chi connectivity index (χ0v) is 8.11. The van der Waals surface area contributed by atoms with Crippen molar-refractivity contribution in [1.29, 1.82) is 0 Å². The number of furan rings is 1. The number of nitrogens with two attached hydrogens (primary N) is 1. The van der Waals surface area contributed by atoms with Crippen molar-refractivity contribution >= 4 is 0 Å². The SMILES string of the molecule is Cc1occc1-c1n[nH]c([C@@H](C)N)n1. The summed E-state index contributed by atoms with van der Waals surface area (Å²) in [7, 11) is 0. The number of aromatic amines is 1. The molecule has 5 heteroatoms. The molecule has 0 fully saturated rings. The average Bonchev–Trinajstić information content (AvgIpc) is 2.71. The Bertz CT molecular complexity index is 429. The van der Waals surface area contributed by atoms with E-state index in [1.165, 1.54) is 0 Å². The summed E-state index contributed by atoms with van der Waals surface area (Å²) in [5.41, 5.74) is 6.56. The second-order valence-electron chi connectivity index (χ2n) is 3.22. The Hall–Kier alpha value is -1.62. The molecule has 5 nitrogen and oxygen atoms in total. The van der Waals surface area contributed by atoms with Crippen molar-refractivity contribution in [3.8, 4) is 11.4 Å². The number of hydrogen-bond acceptors (Lipinski definition) is 4. The molecule has 0 spiro atoms. The smallest absolute Gasteiger partial charge is 0.184 e. The highest BCUT2D eigenvalue weighted by Gasteiger charge is 2.11. The van der Waals surface area contributed by atoms with Gasteiger partial charge in [-0.25, -0.2) is 4.98 Å². The molecule has 0 aromatic carbocycles. The number of aromatic nitrogens is 3. The van der Waals surface area contributed by atoms with E-state index < -0.39 is 0 Å². The van der Waals surface area contributed by atoms with Gasteiger partial charge in [-0.1, -0.05) is 0 Å². The Morgan fingerprint density at radius 1 is 1.57 bits per heavy atom. The van der Waals surface area contributed by atoms with E-state index in [0.717, 1.165) is 11.3 Å². The second kappa shape index (κ2) is 3.26. The van der Waals surface area contributed by atoms with Crippen LogP contribution in [0.1, 0.15) is 24.6 Å². The molecule has 0 aliphatic heterocycles. The van der Waals surface area contributed by atoms with Gasteiger partial charge in [0.25, 0.3) is 0 Å². The topological polar surface area (TPSA) is 80.7 Å². The van der Waals surface area contributed by atoms with E-state index in [9.17, 15) is 0 Å². The van der Waals surface area contributed by atoms with Crippen LogP contribution in [0.2, 0.25) is 0 Å². The van der Waals surface area contributed by atoms with Crippen LogP contribution < -0.4 is 5.73 Å². The Morgan fingerprint density at radius 2 is 2.36 bits per heavy atom. The van der Waals surface area contributed by atoms with Crippen LogP contribution in [0.5, 0.6) is 0 Å². The molecule has 2 rings (SSSR count). The number of rotatable bonds is 2. The van der Waals surface area contributed by atoms with Gasteiger partial charge >= 0.3 is 0 Å². The molecule has 1 atom stereocenters. The van der Waals surface area contributed by atoms with Crippen molar-refractivity contribution in [2.45, 2.75) is 19.9 Å². The Morgan fingerprint density at radius 3 is 2.86 bits per heavy atom. The lowest BCUT2D eigenvalue weighted by atomic mass is 10.2. The quantitative estimate of drug-likeness (QED) is 0.753. The lowest BCUT2D eigenvalue weighted by Gasteiger charge is -1.95. The summed E-state index contributed by atoms with van der Waals surface area (Å²) in [5.74, 6) is 2.12. The van der Waals surface area contributed by atoms with Crippen LogP contribution in [0.25, 0.3) is 11.4 Å². The molecule has 0 radical (unpaired) electrons. The van der Waals surface area contributed by atoms with Gasteiger partial charge in [-0.15, -0.1) is 0 Å². The molecule has 2 aromatic rings. The van der Waals surface area contributed by atoms with Crippen molar-refractivity contribution < 1.29 is 4.42 Å². The van der Waals surface area contributed by atoms with Gasteiger partial charge in [-0.3, -0.25) is 5.10 Å². The van der Waals surface area contributed by atoms with Gasteiger partial charge in [0.05, 0.1) is 17.9 Å². The van der Waals surface area contributed by atoms with Crippen LogP contribution in [0.15, 0.2) is 16.7 Å². The summed E-state index contributed by atoms with van der Waals surface area (Å²) in [5, 5.41) is 6.86. The fourth-order valence-electron chi connectivity index (χ4n) is 1.22. The summed E-state index contributed by atoms with van der Waals surface area (Å²) in [4.78, 5) is 4.26. The first-order valence-electron chi connectivity index (χ1n) is 4.41. The highest BCUT2D eigenvalue weighted by molar-refractivity contribution is 5.56. The first-order valence-corrected chi connectivity index (χ1v) is 4.41. The van der Waals surface area contributed by atoms with E-state index in [1.807, 2.05) is 19.9 Å². The highest BCUT2D eigenvalue weighted by Crippen LogP contribution is 2.20. The summed E-state index contributed by atoms with van der Waals surface area (Å²) in [6.45, 7) is 3.73. The monoisotopic (exact) mass is 192 g/mol. The molecule has 0 unspecified atom stereocenters. The molecule has 0 amide bonds. The van der Waals surface area contributed by atoms with Gasteiger partial charge in [-0.2, -0.15) is 5.10 Å². The lowest BCUT2D eigenvalue weighted by Crippen LogP contribution is -2.06. The van der Waals surface area contributed by atoms with E-state index >= 15 is 0 Å². The number of aryl methyl sites for hydroxylation is 1. The van der Waals surface area contributed by atoms with E-state index in [-0.39, 0.29) is 6.04 Å². The predicted octanol–water partition coefficient (Wildman–Crippen LogP) is 1.39. The lowest BCUT2D eigenvalue weighted by molar-refractivity contribution is 0.535. The van der Waals surface area contributed by atoms with E-state index in [0.29, 0.717) is 11.6 Å². The molecule has 0 bridgehead atoms. The Labute approximate surface area is 81.3 Å². The summed E-state index contributed by atoms with van der Waals surface area (Å²) < 4.78 is 5.16. The van der Waals surface area contributed by atoms with Crippen LogP contribution >= 0.6 is 0 Å². The van der Waals surface area contributed by atoms with Crippen molar-refractivity contribution in [3.05, 3.63) is 23.9 Å². The minimum atomic E-state index is -0.136. The molecular formula is C9H12N4O. The fraction of sp³-hybridized carbons (Fsp3) is 0.333. The summed E-state index contributed by atoms with van der Waals surface area (Å²) >= 11 is 0. The molecule has 2 heterocycles. The van der Waals surface area contributed by atoms with Crippen LogP contribution in [0.3, 0.4) is 0 Å². The normalized spacial score (nSPS) is 13.1. The molecule has 14 heavy (non-hydrogen) atoms. The van der Waals surface area contributed by atoms with Crippen LogP contribution in [-0.4, -0.2) is 15.2 Å². The predicted molar refractivity (Wildman–Crippen MR) is 51.4 cm³/mol. The van der Waals surface area contributed by atoms with Gasteiger partial charge in [0, 0.05) is 0 Å².